The van der Waals surface area contributed by atoms with Crippen LogP contribution in [0, 0.1) is 5.82 Å². The molecule has 10 nitrogen and oxygen atoms in total. The van der Waals surface area contributed by atoms with E-state index in [2.05, 4.69) is 35.8 Å². The van der Waals surface area contributed by atoms with Crippen LogP contribution in [0.25, 0.3) is 17.1 Å². The summed E-state index contributed by atoms with van der Waals surface area (Å²) in [6, 6.07) is 14.6. The van der Waals surface area contributed by atoms with E-state index in [0.29, 0.717) is 16.8 Å². The highest BCUT2D eigenvalue weighted by Gasteiger charge is 2.24. The van der Waals surface area contributed by atoms with E-state index in [4.69, 9.17) is 5.73 Å². The Morgan fingerprint density at radius 3 is 2.59 bits per heavy atom. The third kappa shape index (κ3) is 3.69. The summed E-state index contributed by atoms with van der Waals surface area (Å²) in [5.74, 6) is -0.876. The highest BCUT2D eigenvalue weighted by Crippen LogP contribution is 2.26. The maximum atomic E-state index is 13.0. The van der Waals surface area contributed by atoms with Crippen molar-refractivity contribution in [2.75, 3.05) is 5.73 Å². The number of nitrogens with one attached hydrogen (secondary N) is 1. The van der Waals surface area contributed by atoms with Crippen LogP contribution in [0.1, 0.15) is 16.1 Å². The molecule has 4 rings (SSSR count). The van der Waals surface area contributed by atoms with Gasteiger partial charge in [-0.05, 0) is 28.0 Å². The molecule has 11 heteroatoms. The molecule has 0 radical (unpaired) electrons. The molecule has 1 amide bonds. The number of benzene rings is 2. The van der Waals surface area contributed by atoms with E-state index in [9.17, 15) is 9.18 Å². The monoisotopic (exact) mass is 392 g/mol. The minimum absolute atomic E-state index is 0.00476. The van der Waals surface area contributed by atoms with Crippen molar-refractivity contribution in [2.45, 2.75) is 0 Å². The van der Waals surface area contributed by atoms with Crippen LogP contribution < -0.4 is 11.2 Å². The van der Waals surface area contributed by atoms with Crippen molar-refractivity contribution in [3.05, 3.63) is 71.7 Å². The zero-order chi connectivity index (χ0) is 20.2. The second kappa shape index (κ2) is 7.68. The third-order valence-corrected chi connectivity index (χ3v) is 3.88. The summed E-state index contributed by atoms with van der Waals surface area (Å²) in [6.07, 6.45) is 1.38. The number of carbonyl (C=O) groups excluding carboxylic acids is 1. The predicted octanol–water partition coefficient (Wildman–Crippen LogP) is 1.80. The highest BCUT2D eigenvalue weighted by atomic mass is 19.1. The molecule has 29 heavy (non-hydrogen) atoms. The standard InChI is InChI=1S/C18H13FN8O2/c19-13-8-6-11(7-9-13)10-21-23-18(28)14-15(12-4-2-1-3-5-12)27(26-22-14)17-16(20)24-29-25-17/h1-10H,(H2,20,24)(H,23,28)/b21-10-. The molecular formula is C18H13FN8O2. The van der Waals surface area contributed by atoms with Crippen LogP contribution in [0.5, 0.6) is 0 Å². The fourth-order valence-corrected chi connectivity index (χ4v) is 2.54. The Morgan fingerprint density at radius 2 is 1.90 bits per heavy atom. The summed E-state index contributed by atoms with van der Waals surface area (Å²) < 4.78 is 18.8. The Hall–Kier alpha value is -4.41. The number of carbonyl (C=O) groups is 1. The third-order valence-electron chi connectivity index (χ3n) is 3.88. The molecule has 0 fully saturated rings. The lowest BCUT2D eigenvalue weighted by Crippen LogP contribution is -2.19. The fourth-order valence-electron chi connectivity index (χ4n) is 2.54. The van der Waals surface area contributed by atoms with Crippen LogP contribution in [0.15, 0.2) is 64.3 Å². The number of anilines is 1. The molecule has 0 atom stereocenters. The summed E-state index contributed by atoms with van der Waals surface area (Å²) in [4.78, 5) is 12.7. The van der Waals surface area contributed by atoms with Gasteiger partial charge in [-0.25, -0.2) is 14.4 Å². The number of amides is 1. The number of rotatable bonds is 5. The van der Waals surface area contributed by atoms with Crippen molar-refractivity contribution in [3.63, 3.8) is 0 Å². The van der Waals surface area contributed by atoms with Crippen molar-refractivity contribution in [2.24, 2.45) is 5.10 Å². The van der Waals surface area contributed by atoms with Gasteiger partial charge in [0.1, 0.15) is 11.5 Å². The van der Waals surface area contributed by atoms with E-state index in [0.717, 1.165) is 0 Å². The van der Waals surface area contributed by atoms with Gasteiger partial charge in [0.05, 0.1) is 6.21 Å². The Kier molecular flexibility index (Phi) is 4.76. The van der Waals surface area contributed by atoms with Gasteiger partial charge in [-0.15, -0.1) is 5.10 Å². The van der Waals surface area contributed by atoms with Crippen LogP contribution in [0.3, 0.4) is 0 Å². The van der Waals surface area contributed by atoms with E-state index in [1.54, 1.807) is 24.3 Å². The molecule has 0 unspecified atom stereocenters. The number of nitrogen functional groups attached to an aromatic ring is 1. The molecular weight excluding hydrogens is 379 g/mol. The molecule has 0 bridgehead atoms. The molecule has 0 aliphatic heterocycles. The van der Waals surface area contributed by atoms with Gasteiger partial charge in [0.15, 0.2) is 5.69 Å². The molecule has 2 aromatic carbocycles. The summed E-state index contributed by atoms with van der Waals surface area (Å²) in [7, 11) is 0. The Balaban J connectivity index is 1.66. The Labute approximate surface area is 162 Å². The van der Waals surface area contributed by atoms with E-state index in [1.165, 1.54) is 35.2 Å². The van der Waals surface area contributed by atoms with Gasteiger partial charge in [-0.2, -0.15) is 9.78 Å². The number of hydrogen-bond donors (Lipinski definition) is 2. The first-order valence-electron chi connectivity index (χ1n) is 8.32. The number of hydrazone groups is 1. The molecule has 2 heterocycles. The largest absolute Gasteiger partial charge is 0.378 e. The maximum Gasteiger partial charge on any atom is 0.294 e. The number of nitrogens with two attached hydrogens (primary N) is 1. The van der Waals surface area contributed by atoms with Crippen LogP contribution in [0.2, 0.25) is 0 Å². The van der Waals surface area contributed by atoms with Gasteiger partial charge < -0.3 is 5.73 Å². The highest BCUT2D eigenvalue weighted by molar-refractivity contribution is 5.98. The second-order valence-electron chi connectivity index (χ2n) is 5.79. The van der Waals surface area contributed by atoms with Gasteiger partial charge in [0, 0.05) is 5.56 Å². The fraction of sp³-hybridized carbons (Fsp3) is 0. The van der Waals surface area contributed by atoms with Crippen LogP contribution in [-0.4, -0.2) is 37.4 Å². The van der Waals surface area contributed by atoms with Gasteiger partial charge in [0.25, 0.3) is 5.91 Å². The molecule has 3 N–H and O–H groups in total. The number of halogens is 1. The average molecular weight is 392 g/mol. The van der Waals surface area contributed by atoms with E-state index in [-0.39, 0.29) is 23.1 Å². The first-order valence-corrected chi connectivity index (χ1v) is 8.32. The van der Waals surface area contributed by atoms with Crippen molar-refractivity contribution in [1.82, 2.24) is 30.7 Å². The SMILES string of the molecule is Nc1nonc1-n1nnc(C(=O)N/N=C\c2ccc(F)cc2)c1-c1ccccc1. The molecule has 4 aromatic rings. The second-order valence-corrected chi connectivity index (χ2v) is 5.79. The van der Waals surface area contributed by atoms with Gasteiger partial charge in [0.2, 0.25) is 11.6 Å². The number of hydrogen-bond acceptors (Lipinski definition) is 8. The lowest BCUT2D eigenvalue weighted by molar-refractivity contribution is 0.0950. The first kappa shape index (κ1) is 18.0. The molecule has 0 aliphatic carbocycles. The first-order chi connectivity index (χ1) is 14.1. The number of aromatic nitrogens is 5. The van der Waals surface area contributed by atoms with Crippen molar-refractivity contribution in [1.29, 1.82) is 0 Å². The summed E-state index contributed by atoms with van der Waals surface area (Å²) in [5.41, 5.74) is 9.72. The van der Waals surface area contributed by atoms with Gasteiger partial charge in [-0.3, -0.25) is 4.79 Å². The molecule has 0 saturated carbocycles. The maximum absolute atomic E-state index is 13.0. The van der Waals surface area contributed by atoms with Crippen LogP contribution >= 0.6 is 0 Å². The topological polar surface area (TPSA) is 137 Å². The lowest BCUT2D eigenvalue weighted by Gasteiger charge is -2.05. The molecule has 2 aromatic heterocycles. The van der Waals surface area contributed by atoms with Crippen molar-refractivity contribution < 1.29 is 13.8 Å². The Morgan fingerprint density at radius 1 is 1.14 bits per heavy atom. The Bertz CT molecular complexity index is 1170. The van der Waals surface area contributed by atoms with Gasteiger partial charge in [-0.1, -0.05) is 47.7 Å². The molecule has 144 valence electrons. The predicted molar refractivity (Wildman–Crippen MR) is 101 cm³/mol. The quantitative estimate of drug-likeness (QED) is 0.390. The van der Waals surface area contributed by atoms with Gasteiger partial charge >= 0.3 is 0 Å². The average Bonchev–Trinajstić information content (AvgIpc) is 3.36. The normalized spacial score (nSPS) is 11.1. The molecule has 0 aliphatic rings. The smallest absolute Gasteiger partial charge is 0.294 e. The van der Waals surface area contributed by atoms with Crippen LogP contribution in [0.4, 0.5) is 10.2 Å². The van der Waals surface area contributed by atoms with E-state index >= 15 is 0 Å². The van der Waals surface area contributed by atoms with Crippen molar-refractivity contribution in [3.8, 4) is 17.1 Å². The lowest BCUT2D eigenvalue weighted by atomic mass is 10.1. The minimum Gasteiger partial charge on any atom is -0.378 e. The summed E-state index contributed by atoms with van der Waals surface area (Å²) in [6.45, 7) is 0. The zero-order valence-electron chi connectivity index (χ0n) is 14.7. The van der Waals surface area contributed by atoms with E-state index < -0.39 is 5.91 Å². The van der Waals surface area contributed by atoms with Crippen molar-refractivity contribution >= 4 is 17.9 Å². The molecule has 0 spiro atoms. The zero-order valence-corrected chi connectivity index (χ0v) is 14.7. The van der Waals surface area contributed by atoms with Crippen LogP contribution in [-0.2, 0) is 0 Å². The minimum atomic E-state index is -0.608. The molecule has 0 saturated heterocycles. The van der Waals surface area contributed by atoms with E-state index in [1.807, 2.05) is 6.07 Å². The summed E-state index contributed by atoms with van der Waals surface area (Å²) >= 11 is 0. The number of nitrogens with zero attached hydrogens (tertiary/aromatic N) is 6. The summed E-state index contributed by atoms with van der Waals surface area (Å²) in [5, 5.41) is 19.0.